The number of aryl methyl sites for hydroxylation is 2. The SMILES string of the molecule is Cc1ccc(N2CCN3C2=NC2C3C(=O)N(CC(N)=O)C(=O)N2C)cc1C. The van der Waals surface area contributed by atoms with Gasteiger partial charge in [0.15, 0.2) is 12.2 Å². The second-order valence-corrected chi connectivity index (χ2v) is 7.19. The van der Waals surface area contributed by atoms with Gasteiger partial charge in [-0.1, -0.05) is 6.07 Å². The van der Waals surface area contributed by atoms with E-state index in [4.69, 9.17) is 5.73 Å². The van der Waals surface area contributed by atoms with Gasteiger partial charge in [0.05, 0.1) is 0 Å². The molecule has 2 unspecified atom stereocenters. The Hall–Kier alpha value is -3.10. The summed E-state index contributed by atoms with van der Waals surface area (Å²) < 4.78 is 0. The lowest BCUT2D eigenvalue weighted by molar-refractivity contribution is -0.140. The van der Waals surface area contributed by atoms with E-state index in [1.807, 2.05) is 11.0 Å². The van der Waals surface area contributed by atoms with E-state index in [9.17, 15) is 14.4 Å². The summed E-state index contributed by atoms with van der Waals surface area (Å²) in [4.78, 5) is 47.7. The molecule has 3 aliphatic rings. The molecule has 2 saturated heterocycles. The zero-order valence-corrected chi connectivity index (χ0v) is 15.5. The summed E-state index contributed by atoms with van der Waals surface area (Å²) in [5.74, 6) is -0.467. The minimum absolute atomic E-state index is 0.421. The summed E-state index contributed by atoms with van der Waals surface area (Å²) in [6.45, 7) is 5.01. The number of benzene rings is 1. The predicted octanol–water partition coefficient (Wildman–Crippen LogP) is -0.131. The fourth-order valence-corrected chi connectivity index (χ4v) is 3.88. The smallest absolute Gasteiger partial charge is 0.328 e. The van der Waals surface area contributed by atoms with Crippen molar-refractivity contribution in [3.63, 3.8) is 0 Å². The van der Waals surface area contributed by atoms with Crippen molar-refractivity contribution in [3.05, 3.63) is 29.3 Å². The van der Waals surface area contributed by atoms with Crippen molar-refractivity contribution in [2.75, 3.05) is 31.6 Å². The Morgan fingerprint density at radius 2 is 1.96 bits per heavy atom. The van der Waals surface area contributed by atoms with Crippen molar-refractivity contribution in [1.82, 2.24) is 14.7 Å². The molecule has 2 N–H and O–H groups in total. The molecule has 27 heavy (non-hydrogen) atoms. The highest BCUT2D eigenvalue weighted by Crippen LogP contribution is 2.33. The van der Waals surface area contributed by atoms with E-state index in [-0.39, 0.29) is 0 Å². The van der Waals surface area contributed by atoms with Gasteiger partial charge in [0.25, 0.3) is 5.91 Å². The van der Waals surface area contributed by atoms with Gasteiger partial charge in [-0.2, -0.15) is 0 Å². The van der Waals surface area contributed by atoms with Gasteiger partial charge >= 0.3 is 6.03 Å². The van der Waals surface area contributed by atoms with Crippen molar-refractivity contribution in [3.8, 4) is 0 Å². The lowest BCUT2D eigenvalue weighted by Crippen LogP contribution is -2.65. The molecule has 2 atom stereocenters. The molecule has 0 aliphatic carbocycles. The van der Waals surface area contributed by atoms with Gasteiger partial charge < -0.3 is 20.4 Å². The van der Waals surface area contributed by atoms with Crippen LogP contribution in [0.2, 0.25) is 0 Å². The van der Waals surface area contributed by atoms with Crippen LogP contribution in [0.3, 0.4) is 0 Å². The Morgan fingerprint density at radius 1 is 1.22 bits per heavy atom. The molecule has 0 aromatic heterocycles. The molecule has 0 spiro atoms. The van der Waals surface area contributed by atoms with Crippen LogP contribution in [0.5, 0.6) is 0 Å². The molecular formula is C18H22N6O3. The number of nitrogens with two attached hydrogens (primary N) is 1. The van der Waals surface area contributed by atoms with Crippen LogP contribution in [-0.2, 0) is 9.59 Å². The molecule has 4 amide bonds. The van der Waals surface area contributed by atoms with E-state index in [1.54, 1.807) is 7.05 Å². The highest BCUT2D eigenvalue weighted by molar-refractivity contribution is 6.09. The molecule has 142 valence electrons. The number of aliphatic imine (C=N–C) groups is 1. The number of rotatable bonds is 3. The zero-order chi connectivity index (χ0) is 19.5. The number of primary amides is 1. The summed E-state index contributed by atoms with van der Waals surface area (Å²) in [5.41, 5.74) is 8.60. The summed E-state index contributed by atoms with van der Waals surface area (Å²) in [5, 5.41) is 0. The molecule has 9 nitrogen and oxygen atoms in total. The van der Waals surface area contributed by atoms with E-state index >= 15 is 0 Å². The highest BCUT2D eigenvalue weighted by Gasteiger charge is 2.54. The highest BCUT2D eigenvalue weighted by atomic mass is 16.2. The zero-order valence-electron chi connectivity index (χ0n) is 15.5. The number of anilines is 1. The first-order valence-corrected chi connectivity index (χ1v) is 8.85. The molecule has 4 rings (SSSR count). The van der Waals surface area contributed by atoms with Crippen LogP contribution < -0.4 is 10.6 Å². The quantitative estimate of drug-likeness (QED) is 0.798. The largest absolute Gasteiger partial charge is 0.368 e. The number of urea groups is 1. The molecule has 1 aromatic carbocycles. The van der Waals surface area contributed by atoms with Crippen molar-refractivity contribution in [2.24, 2.45) is 10.7 Å². The second-order valence-electron chi connectivity index (χ2n) is 7.19. The summed E-state index contributed by atoms with van der Waals surface area (Å²) in [6, 6.07) is 5.01. The van der Waals surface area contributed by atoms with E-state index in [2.05, 4.69) is 35.9 Å². The topological polar surface area (TPSA) is 103 Å². The monoisotopic (exact) mass is 370 g/mol. The Labute approximate surface area is 157 Å². The molecule has 0 saturated carbocycles. The predicted molar refractivity (Wildman–Crippen MR) is 99.0 cm³/mol. The van der Waals surface area contributed by atoms with Crippen molar-refractivity contribution in [2.45, 2.75) is 26.1 Å². The Balaban J connectivity index is 1.67. The number of likely N-dealkylation sites (N-methyl/N-ethyl adjacent to an activating group) is 1. The minimum atomic E-state index is -0.721. The summed E-state index contributed by atoms with van der Waals surface area (Å²) in [6.07, 6.45) is -0.599. The molecule has 2 fully saturated rings. The van der Waals surface area contributed by atoms with E-state index in [0.29, 0.717) is 19.0 Å². The lowest BCUT2D eigenvalue weighted by Gasteiger charge is -2.40. The number of fused-ring (bicyclic) bond motifs is 3. The fourth-order valence-electron chi connectivity index (χ4n) is 3.88. The lowest BCUT2D eigenvalue weighted by atomic mass is 10.1. The van der Waals surface area contributed by atoms with Crippen LogP contribution >= 0.6 is 0 Å². The van der Waals surface area contributed by atoms with Crippen molar-refractivity contribution in [1.29, 1.82) is 0 Å². The van der Waals surface area contributed by atoms with Crippen LogP contribution in [0.15, 0.2) is 23.2 Å². The van der Waals surface area contributed by atoms with Crippen molar-refractivity contribution >= 4 is 29.5 Å². The third kappa shape index (κ3) is 2.53. The number of hydrogen-bond acceptors (Lipinski definition) is 6. The normalized spacial score (nSPS) is 24.3. The fraction of sp³-hybridized carbons (Fsp3) is 0.444. The molecule has 3 heterocycles. The van der Waals surface area contributed by atoms with Gasteiger partial charge in [0.2, 0.25) is 11.9 Å². The van der Waals surface area contributed by atoms with E-state index in [0.717, 1.165) is 10.6 Å². The number of imide groups is 1. The van der Waals surface area contributed by atoms with Crippen molar-refractivity contribution < 1.29 is 14.4 Å². The van der Waals surface area contributed by atoms with Gasteiger partial charge in [0, 0.05) is 25.8 Å². The van der Waals surface area contributed by atoms with Crippen LogP contribution in [0.1, 0.15) is 11.1 Å². The Kier molecular flexibility index (Phi) is 3.83. The number of nitrogens with zero attached hydrogens (tertiary/aromatic N) is 5. The van der Waals surface area contributed by atoms with Gasteiger partial charge in [-0.25, -0.2) is 9.79 Å². The second kappa shape index (κ2) is 5.97. The summed E-state index contributed by atoms with van der Waals surface area (Å²) in [7, 11) is 1.59. The standard InChI is InChI=1S/C18H22N6O3/c1-10-4-5-12(8-11(10)2)22-6-7-23-14-15(20-17(22)23)21(3)18(27)24(16(14)26)9-13(19)25/h4-5,8,14-15H,6-7,9H2,1-3H3,(H2,19,25). The first-order chi connectivity index (χ1) is 12.8. The van der Waals surface area contributed by atoms with Gasteiger partial charge in [-0.15, -0.1) is 0 Å². The third-order valence-electron chi connectivity index (χ3n) is 5.49. The number of guanidine groups is 1. The number of carbonyl (C=O) groups is 3. The van der Waals surface area contributed by atoms with Crippen LogP contribution in [0.4, 0.5) is 10.5 Å². The average molecular weight is 370 g/mol. The number of amides is 4. The number of carbonyl (C=O) groups excluding carboxylic acids is 3. The third-order valence-corrected chi connectivity index (χ3v) is 5.49. The van der Waals surface area contributed by atoms with Gasteiger partial charge in [-0.3, -0.25) is 14.5 Å². The molecule has 3 aliphatic heterocycles. The Morgan fingerprint density at radius 3 is 2.63 bits per heavy atom. The maximum absolute atomic E-state index is 12.9. The summed E-state index contributed by atoms with van der Waals surface area (Å²) >= 11 is 0. The Bertz CT molecular complexity index is 882. The average Bonchev–Trinajstić information content (AvgIpc) is 3.18. The van der Waals surface area contributed by atoms with Gasteiger partial charge in [0.1, 0.15) is 6.54 Å². The maximum atomic E-state index is 12.9. The molecule has 9 heteroatoms. The van der Waals surface area contributed by atoms with Crippen LogP contribution in [0, 0.1) is 13.8 Å². The van der Waals surface area contributed by atoms with Crippen LogP contribution in [0.25, 0.3) is 0 Å². The van der Waals surface area contributed by atoms with E-state index in [1.165, 1.54) is 16.0 Å². The first-order valence-electron chi connectivity index (χ1n) is 8.85. The number of hydrogen-bond donors (Lipinski definition) is 1. The van der Waals surface area contributed by atoms with Gasteiger partial charge in [-0.05, 0) is 37.1 Å². The van der Waals surface area contributed by atoms with Crippen LogP contribution in [-0.4, -0.2) is 77.4 Å². The molecule has 0 bridgehead atoms. The molecule has 0 radical (unpaired) electrons. The minimum Gasteiger partial charge on any atom is -0.368 e. The molecule has 1 aromatic rings. The maximum Gasteiger partial charge on any atom is 0.328 e. The van der Waals surface area contributed by atoms with E-state index < -0.39 is 36.6 Å². The first kappa shape index (κ1) is 17.3. The molecular weight excluding hydrogens is 348 g/mol.